The molecular formula is C14H20BrNS. The van der Waals surface area contributed by atoms with E-state index < -0.39 is 0 Å². The Hall–Kier alpha value is 0.140. The summed E-state index contributed by atoms with van der Waals surface area (Å²) in [6.07, 6.45) is 8.87. The summed E-state index contributed by atoms with van der Waals surface area (Å²) in [7, 11) is 0. The Morgan fingerprint density at radius 1 is 1.12 bits per heavy atom. The molecule has 0 bridgehead atoms. The van der Waals surface area contributed by atoms with Gasteiger partial charge in [0, 0.05) is 11.4 Å². The lowest BCUT2D eigenvalue weighted by molar-refractivity contribution is 0.104. The molecule has 0 N–H and O–H groups in total. The summed E-state index contributed by atoms with van der Waals surface area (Å²) < 4.78 is 1.26. The minimum absolute atomic E-state index is 0.756. The third kappa shape index (κ3) is 2.77. The largest absolute Gasteiger partial charge is 0.298 e. The van der Waals surface area contributed by atoms with Crippen LogP contribution in [0.5, 0.6) is 0 Å². The summed E-state index contributed by atoms with van der Waals surface area (Å²) in [5.41, 5.74) is 0.756. The van der Waals surface area contributed by atoms with E-state index >= 15 is 0 Å². The van der Waals surface area contributed by atoms with Gasteiger partial charge in [0.05, 0.1) is 3.79 Å². The zero-order valence-electron chi connectivity index (χ0n) is 10.3. The standard InChI is InChI=1S/C14H20BrNS/c15-13-4-3-12(17-13)11-16-9-7-14(8-10-16)5-1-2-6-14/h3-4H,1-2,5-11H2. The highest BCUT2D eigenvalue weighted by molar-refractivity contribution is 9.11. The van der Waals surface area contributed by atoms with Crippen molar-refractivity contribution in [2.45, 2.75) is 45.1 Å². The first-order valence-corrected chi connectivity index (χ1v) is 8.33. The number of hydrogen-bond acceptors (Lipinski definition) is 2. The van der Waals surface area contributed by atoms with Gasteiger partial charge in [-0.3, -0.25) is 4.90 Å². The van der Waals surface area contributed by atoms with E-state index in [-0.39, 0.29) is 0 Å². The fourth-order valence-corrected chi connectivity index (χ4v) is 4.99. The highest BCUT2D eigenvalue weighted by Gasteiger charge is 2.36. The van der Waals surface area contributed by atoms with Crippen molar-refractivity contribution in [1.82, 2.24) is 4.90 Å². The Kier molecular flexibility index (Phi) is 3.60. The maximum absolute atomic E-state index is 3.55. The van der Waals surface area contributed by atoms with Gasteiger partial charge in [0.25, 0.3) is 0 Å². The van der Waals surface area contributed by atoms with Gasteiger partial charge in [0.1, 0.15) is 0 Å². The van der Waals surface area contributed by atoms with E-state index in [9.17, 15) is 0 Å². The predicted octanol–water partition coefficient (Wildman–Crippen LogP) is 4.67. The number of nitrogens with zero attached hydrogens (tertiary/aromatic N) is 1. The van der Waals surface area contributed by atoms with E-state index in [1.807, 2.05) is 11.3 Å². The number of likely N-dealkylation sites (tertiary alicyclic amines) is 1. The number of halogens is 1. The van der Waals surface area contributed by atoms with Gasteiger partial charge >= 0.3 is 0 Å². The summed E-state index contributed by atoms with van der Waals surface area (Å²) >= 11 is 5.43. The van der Waals surface area contributed by atoms with Crippen LogP contribution in [-0.2, 0) is 6.54 Å². The number of piperidine rings is 1. The Morgan fingerprint density at radius 3 is 2.41 bits per heavy atom. The summed E-state index contributed by atoms with van der Waals surface area (Å²) in [6, 6.07) is 4.43. The molecule has 0 radical (unpaired) electrons. The molecule has 1 saturated carbocycles. The Bertz CT molecular complexity index is 371. The quantitative estimate of drug-likeness (QED) is 0.767. The van der Waals surface area contributed by atoms with Crippen LogP contribution in [0.1, 0.15) is 43.4 Å². The molecule has 1 aromatic heterocycles. The molecule has 0 unspecified atom stereocenters. The maximum Gasteiger partial charge on any atom is 0.0701 e. The van der Waals surface area contributed by atoms with E-state index in [1.165, 1.54) is 60.3 Å². The van der Waals surface area contributed by atoms with Gasteiger partial charge < -0.3 is 0 Å². The van der Waals surface area contributed by atoms with E-state index in [2.05, 4.69) is 33.0 Å². The summed E-state index contributed by atoms with van der Waals surface area (Å²) in [5, 5.41) is 0. The third-order valence-electron chi connectivity index (χ3n) is 4.59. The normalized spacial score (nSPS) is 24.5. The van der Waals surface area contributed by atoms with E-state index in [0.29, 0.717) is 0 Å². The zero-order chi connectivity index (χ0) is 11.7. The zero-order valence-corrected chi connectivity index (χ0v) is 12.7. The van der Waals surface area contributed by atoms with E-state index in [0.717, 1.165) is 12.0 Å². The van der Waals surface area contributed by atoms with Crippen LogP contribution in [0.2, 0.25) is 0 Å². The van der Waals surface area contributed by atoms with Crippen molar-refractivity contribution in [1.29, 1.82) is 0 Å². The molecule has 0 atom stereocenters. The smallest absolute Gasteiger partial charge is 0.0701 e. The van der Waals surface area contributed by atoms with E-state index in [4.69, 9.17) is 0 Å². The second-order valence-electron chi connectivity index (χ2n) is 5.69. The molecule has 0 amide bonds. The van der Waals surface area contributed by atoms with Crippen molar-refractivity contribution in [2.24, 2.45) is 5.41 Å². The molecule has 2 fully saturated rings. The first kappa shape index (κ1) is 12.2. The van der Waals surface area contributed by atoms with Crippen molar-refractivity contribution >= 4 is 27.3 Å². The van der Waals surface area contributed by atoms with Crippen LogP contribution in [0.4, 0.5) is 0 Å². The van der Waals surface area contributed by atoms with E-state index in [1.54, 1.807) is 0 Å². The second kappa shape index (κ2) is 5.02. The highest BCUT2D eigenvalue weighted by Crippen LogP contribution is 2.46. The average Bonchev–Trinajstić information content (AvgIpc) is 2.93. The maximum atomic E-state index is 3.55. The molecule has 2 aliphatic rings. The average molecular weight is 314 g/mol. The molecule has 1 spiro atoms. The molecule has 1 aliphatic heterocycles. The van der Waals surface area contributed by atoms with Crippen molar-refractivity contribution in [3.63, 3.8) is 0 Å². The van der Waals surface area contributed by atoms with Crippen LogP contribution >= 0.6 is 27.3 Å². The Labute approximate surface area is 116 Å². The van der Waals surface area contributed by atoms with Crippen LogP contribution < -0.4 is 0 Å². The molecule has 3 rings (SSSR count). The molecule has 1 aliphatic carbocycles. The topological polar surface area (TPSA) is 3.24 Å². The minimum atomic E-state index is 0.756. The number of hydrogen-bond donors (Lipinski definition) is 0. The molecule has 2 heterocycles. The molecule has 1 nitrogen and oxygen atoms in total. The Morgan fingerprint density at radius 2 is 1.82 bits per heavy atom. The van der Waals surface area contributed by atoms with Crippen LogP contribution in [0.15, 0.2) is 15.9 Å². The lowest BCUT2D eigenvalue weighted by Crippen LogP contribution is -2.38. The lowest BCUT2D eigenvalue weighted by Gasteiger charge is -2.39. The van der Waals surface area contributed by atoms with Crippen LogP contribution in [0, 0.1) is 5.41 Å². The summed E-state index contributed by atoms with van der Waals surface area (Å²) in [4.78, 5) is 4.14. The molecule has 1 aromatic rings. The minimum Gasteiger partial charge on any atom is -0.298 e. The van der Waals surface area contributed by atoms with Crippen LogP contribution in [-0.4, -0.2) is 18.0 Å². The molecule has 94 valence electrons. The number of rotatable bonds is 2. The molecule has 0 aromatic carbocycles. The first-order chi connectivity index (χ1) is 8.26. The van der Waals surface area contributed by atoms with Gasteiger partial charge in [0.2, 0.25) is 0 Å². The van der Waals surface area contributed by atoms with Crippen LogP contribution in [0.3, 0.4) is 0 Å². The first-order valence-electron chi connectivity index (χ1n) is 6.72. The highest BCUT2D eigenvalue weighted by atomic mass is 79.9. The van der Waals surface area contributed by atoms with Crippen molar-refractivity contribution in [3.8, 4) is 0 Å². The fourth-order valence-electron chi connectivity index (χ4n) is 3.47. The second-order valence-corrected chi connectivity index (χ2v) is 8.24. The molecule has 1 saturated heterocycles. The third-order valence-corrected chi connectivity index (χ3v) is 6.20. The van der Waals surface area contributed by atoms with Gasteiger partial charge in [0.15, 0.2) is 0 Å². The van der Waals surface area contributed by atoms with Crippen molar-refractivity contribution < 1.29 is 0 Å². The number of thiophene rings is 1. The van der Waals surface area contributed by atoms with Gasteiger partial charge in [-0.2, -0.15) is 0 Å². The molecule has 3 heteroatoms. The fraction of sp³-hybridized carbons (Fsp3) is 0.714. The SMILES string of the molecule is Brc1ccc(CN2CCC3(CCCC3)CC2)s1. The van der Waals surface area contributed by atoms with Gasteiger partial charge in [-0.15, -0.1) is 11.3 Å². The summed E-state index contributed by atoms with van der Waals surface area (Å²) in [5.74, 6) is 0. The lowest BCUT2D eigenvalue weighted by atomic mass is 9.77. The van der Waals surface area contributed by atoms with Crippen LogP contribution in [0.25, 0.3) is 0 Å². The molecule has 17 heavy (non-hydrogen) atoms. The Balaban J connectivity index is 1.54. The van der Waals surface area contributed by atoms with Crippen molar-refractivity contribution in [2.75, 3.05) is 13.1 Å². The monoisotopic (exact) mass is 313 g/mol. The van der Waals surface area contributed by atoms with Gasteiger partial charge in [-0.25, -0.2) is 0 Å². The summed E-state index contributed by atoms with van der Waals surface area (Å²) in [6.45, 7) is 3.79. The van der Waals surface area contributed by atoms with Gasteiger partial charge in [-0.1, -0.05) is 12.8 Å². The molecular weight excluding hydrogens is 294 g/mol. The van der Waals surface area contributed by atoms with Crippen molar-refractivity contribution in [3.05, 3.63) is 20.8 Å². The predicted molar refractivity (Wildman–Crippen MR) is 77.4 cm³/mol. The van der Waals surface area contributed by atoms with Gasteiger partial charge in [-0.05, 0) is 72.3 Å².